The lowest BCUT2D eigenvalue weighted by Gasteiger charge is -2.31. The van der Waals surface area contributed by atoms with E-state index in [0.717, 1.165) is 31.5 Å². The molecule has 2 N–H and O–H groups in total. The maximum Gasteiger partial charge on any atom is 0.191 e. The van der Waals surface area contributed by atoms with Crippen LogP contribution in [0.4, 0.5) is 0 Å². The molecule has 174 valence electrons. The fourth-order valence-electron chi connectivity index (χ4n) is 5.45. The predicted octanol–water partition coefficient (Wildman–Crippen LogP) is 3.48. The Kier molecular flexibility index (Phi) is 8.62. The maximum atomic E-state index is 4.99. The highest BCUT2D eigenvalue weighted by molar-refractivity contribution is 7.09. The number of piperidine rings is 1. The second-order valence-corrected chi connectivity index (χ2v) is 10.9. The van der Waals surface area contributed by atoms with Crippen molar-refractivity contribution in [1.82, 2.24) is 25.4 Å². The Bertz CT molecular complexity index is 690. The van der Waals surface area contributed by atoms with Crippen LogP contribution >= 0.6 is 11.3 Å². The van der Waals surface area contributed by atoms with Gasteiger partial charge in [-0.3, -0.25) is 9.89 Å². The van der Waals surface area contributed by atoms with E-state index in [-0.39, 0.29) is 0 Å². The molecule has 0 bridgehead atoms. The molecule has 1 aliphatic carbocycles. The first-order chi connectivity index (χ1) is 15.2. The number of rotatable bonds is 8. The minimum atomic E-state index is 0.544. The third-order valence-corrected chi connectivity index (χ3v) is 8.04. The van der Waals surface area contributed by atoms with E-state index in [1.54, 1.807) is 11.3 Å². The van der Waals surface area contributed by atoms with Crippen LogP contribution in [-0.4, -0.2) is 72.6 Å². The molecule has 6 nitrogen and oxygen atoms in total. The number of aliphatic imine (C=N–C) groups is 1. The number of nitrogens with one attached hydrogen (secondary N) is 2. The summed E-state index contributed by atoms with van der Waals surface area (Å²) in [5.41, 5.74) is 1.23. The van der Waals surface area contributed by atoms with Crippen molar-refractivity contribution < 1.29 is 0 Å². The third kappa shape index (κ3) is 7.16. The molecule has 1 saturated carbocycles. The minimum absolute atomic E-state index is 0.544. The number of nitrogens with zero attached hydrogens (tertiary/aromatic N) is 4. The zero-order valence-corrected chi connectivity index (χ0v) is 20.4. The first-order valence-corrected chi connectivity index (χ1v) is 13.5. The van der Waals surface area contributed by atoms with Gasteiger partial charge in [0.1, 0.15) is 0 Å². The molecule has 0 amide bonds. The molecule has 0 radical (unpaired) electrons. The van der Waals surface area contributed by atoms with E-state index in [1.165, 1.54) is 88.4 Å². The van der Waals surface area contributed by atoms with Crippen molar-refractivity contribution in [3.05, 3.63) is 16.1 Å². The van der Waals surface area contributed by atoms with Crippen LogP contribution in [0.2, 0.25) is 0 Å². The highest BCUT2D eigenvalue weighted by Crippen LogP contribution is 2.26. The summed E-state index contributed by atoms with van der Waals surface area (Å²) in [6.07, 6.45) is 9.50. The van der Waals surface area contributed by atoms with Crippen molar-refractivity contribution in [1.29, 1.82) is 0 Å². The molecule has 1 atom stereocenters. The van der Waals surface area contributed by atoms with E-state index in [0.29, 0.717) is 12.0 Å². The van der Waals surface area contributed by atoms with Gasteiger partial charge in [-0.2, -0.15) is 0 Å². The summed E-state index contributed by atoms with van der Waals surface area (Å²) in [5.74, 6) is 2.67. The molecule has 2 aliphatic heterocycles. The Labute approximate surface area is 192 Å². The Morgan fingerprint density at radius 3 is 2.58 bits per heavy atom. The van der Waals surface area contributed by atoms with Crippen molar-refractivity contribution in [3.8, 4) is 0 Å². The first kappa shape index (κ1) is 23.0. The largest absolute Gasteiger partial charge is 0.357 e. The summed E-state index contributed by atoms with van der Waals surface area (Å²) < 4.78 is 0. The topological polar surface area (TPSA) is 55.8 Å². The van der Waals surface area contributed by atoms with E-state index in [4.69, 9.17) is 4.99 Å². The van der Waals surface area contributed by atoms with Gasteiger partial charge in [-0.15, -0.1) is 11.3 Å². The summed E-state index contributed by atoms with van der Waals surface area (Å²) >= 11 is 1.76. The lowest BCUT2D eigenvalue weighted by Crippen LogP contribution is -2.45. The van der Waals surface area contributed by atoms with Crippen LogP contribution in [0, 0.1) is 18.8 Å². The Balaban J connectivity index is 1.18. The van der Waals surface area contributed by atoms with Crippen molar-refractivity contribution in [2.45, 2.75) is 71.4 Å². The Morgan fingerprint density at radius 2 is 1.87 bits per heavy atom. The van der Waals surface area contributed by atoms with Gasteiger partial charge < -0.3 is 15.5 Å². The molecule has 1 aromatic heterocycles. The van der Waals surface area contributed by atoms with Gasteiger partial charge in [0, 0.05) is 50.7 Å². The zero-order valence-electron chi connectivity index (χ0n) is 19.6. The molecule has 0 spiro atoms. The standard InChI is InChI=1S/C24H42N6S/c1-3-25-24(28-22-10-13-30(16-22)15-21-6-4-5-7-21)26-14-20-8-11-29(12-9-20)17-23-18-31-19(2)27-23/h18,20-22H,3-17H2,1-2H3,(H2,25,26,28). The van der Waals surface area contributed by atoms with Crippen molar-refractivity contribution in [2.75, 3.05) is 45.8 Å². The second-order valence-electron chi connectivity index (χ2n) is 9.84. The fraction of sp³-hybridized carbons (Fsp3) is 0.833. The maximum absolute atomic E-state index is 4.99. The zero-order chi connectivity index (χ0) is 21.5. The SMILES string of the molecule is CCNC(=NCC1CCN(Cc2csc(C)n2)CC1)NC1CCN(CC2CCCC2)C1. The highest BCUT2D eigenvalue weighted by atomic mass is 32.1. The van der Waals surface area contributed by atoms with Gasteiger partial charge in [0.25, 0.3) is 0 Å². The molecule has 1 aromatic rings. The number of hydrogen-bond donors (Lipinski definition) is 2. The van der Waals surface area contributed by atoms with E-state index < -0.39 is 0 Å². The van der Waals surface area contributed by atoms with Crippen molar-refractivity contribution in [3.63, 3.8) is 0 Å². The molecule has 3 heterocycles. The molecule has 0 aromatic carbocycles. The van der Waals surface area contributed by atoms with E-state index in [2.05, 4.69) is 44.6 Å². The van der Waals surface area contributed by atoms with Crippen molar-refractivity contribution in [2.24, 2.45) is 16.8 Å². The Hall–Kier alpha value is -1.18. The van der Waals surface area contributed by atoms with Gasteiger partial charge in [-0.05, 0) is 70.9 Å². The molecule has 3 fully saturated rings. The number of likely N-dealkylation sites (tertiary alicyclic amines) is 2. The lowest BCUT2D eigenvalue weighted by molar-refractivity contribution is 0.179. The normalized spacial score (nSPS) is 24.8. The van der Waals surface area contributed by atoms with Crippen LogP contribution in [0.15, 0.2) is 10.4 Å². The molecular weight excluding hydrogens is 404 g/mol. The third-order valence-electron chi connectivity index (χ3n) is 7.22. The van der Waals surface area contributed by atoms with Gasteiger partial charge >= 0.3 is 0 Å². The number of aryl methyl sites for hydroxylation is 1. The van der Waals surface area contributed by atoms with Crippen LogP contribution in [0.5, 0.6) is 0 Å². The quantitative estimate of drug-likeness (QED) is 0.473. The summed E-state index contributed by atoms with van der Waals surface area (Å²) in [6.45, 7) is 13.2. The summed E-state index contributed by atoms with van der Waals surface area (Å²) in [7, 11) is 0. The Morgan fingerprint density at radius 1 is 1.10 bits per heavy atom. The highest BCUT2D eigenvalue weighted by Gasteiger charge is 2.27. The van der Waals surface area contributed by atoms with Crippen LogP contribution in [0.25, 0.3) is 0 Å². The molecule has 1 unspecified atom stereocenters. The molecule has 4 rings (SSSR count). The van der Waals surface area contributed by atoms with E-state index in [9.17, 15) is 0 Å². The first-order valence-electron chi connectivity index (χ1n) is 12.6. The van der Waals surface area contributed by atoms with Gasteiger partial charge in [0.05, 0.1) is 10.7 Å². The molecular formula is C24H42N6S. The number of thiazole rings is 1. The fourth-order valence-corrected chi connectivity index (χ4v) is 6.05. The smallest absolute Gasteiger partial charge is 0.191 e. The number of guanidine groups is 1. The van der Waals surface area contributed by atoms with E-state index in [1.807, 2.05) is 0 Å². The van der Waals surface area contributed by atoms with Crippen LogP contribution in [0.3, 0.4) is 0 Å². The lowest BCUT2D eigenvalue weighted by atomic mass is 9.97. The second kappa shape index (κ2) is 11.6. The monoisotopic (exact) mass is 446 g/mol. The van der Waals surface area contributed by atoms with Gasteiger partial charge in [-0.1, -0.05) is 12.8 Å². The predicted molar refractivity (Wildman–Crippen MR) is 131 cm³/mol. The van der Waals surface area contributed by atoms with E-state index >= 15 is 0 Å². The van der Waals surface area contributed by atoms with Crippen LogP contribution in [0.1, 0.15) is 62.6 Å². The molecule has 3 aliphatic rings. The average Bonchev–Trinajstić information content (AvgIpc) is 3.52. The van der Waals surface area contributed by atoms with Crippen LogP contribution < -0.4 is 10.6 Å². The summed E-state index contributed by atoms with van der Waals surface area (Å²) in [6, 6.07) is 0.544. The summed E-state index contributed by atoms with van der Waals surface area (Å²) in [5, 5.41) is 10.6. The average molecular weight is 447 g/mol. The van der Waals surface area contributed by atoms with Crippen LogP contribution in [-0.2, 0) is 6.54 Å². The summed E-state index contributed by atoms with van der Waals surface area (Å²) in [4.78, 5) is 14.8. The van der Waals surface area contributed by atoms with Gasteiger partial charge in [-0.25, -0.2) is 4.98 Å². The van der Waals surface area contributed by atoms with Gasteiger partial charge in [0.15, 0.2) is 5.96 Å². The van der Waals surface area contributed by atoms with Crippen molar-refractivity contribution >= 4 is 17.3 Å². The molecule has 2 saturated heterocycles. The van der Waals surface area contributed by atoms with Gasteiger partial charge in [0.2, 0.25) is 0 Å². The number of aromatic nitrogens is 1. The number of hydrogen-bond acceptors (Lipinski definition) is 5. The molecule has 31 heavy (non-hydrogen) atoms. The molecule has 7 heteroatoms. The minimum Gasteiger partial charge on any atom is -0.357 e.